The zero-order valence-corrected chi connectivity index (χ0v) is 14.6. The maximum atomic E-state index is 12.4. The van der Waals surface area contributed by atoms with E-state index in [-0.39, 0.29) is 0 Å². The van der Waals surface area contributed by atoms with Gasteiger partial charge in [0, 0.05) is 6.42 Å². The average molecular weight is 288 g/mol. The lowest BCUT2D eigenvalue weighted by Gasteiger charge is -2.59. The summed E-state index contributed by atoms with van der Waals surface area (Å²) < 4.78 is 0. The van der Waals surface area contributed by atoms with Gasteiger partial charge >= 0.3 is 0 Å². The molecule has 0 saturated heterocycles. The number of Topliss-reactive ketones (excluding diaryl/α,β-unsaturated/α-hetero) is 1. The first-order valence-electron chi connectivity index (χ1n) is 9.03. The van der Waals surface area contributed by atoms with Gasteiger partial charge in [-0.25, -0.2) is 0 Å². The van der Waals surface area contributed by atoms with E-state index in [2.05, 4.69) is 34.6 Å². The van der Waals surface area contributed by atoms with Crippen molar-refractivity contribution in [1.29, 1.82) is 0 Å². The highest BCUT2D eigenvalue weighted by atomic mass is 16.1. The van der Waals surface area contributed by atoms with Gasteiger partial charge in [0.25, 0.3) is 0 Å². The van der Waals surface area contributed by atoms with E-state index in [4.69, 9.17) is 0 Å². The van der Waals surface area contributed by atoms with E-state index < -0.39 is 0 Å². The zero-order valence-electron chi connectivity index (χ0n) is 14.6. The van der Waals surface area contributed by atoms with Crippen molar-refractivity contribution < 1.29 is 4.79 Å². The largest absolute Gasteiger partial charge is 0.295 e. The Balaban J connectivity index is 2.05. The molecule has 0 N–H and O–H groups in total. The Morgan fingerprint density at radius 3 is 2.43 bits per heavy atom. The van der Waals surface area contributed by atoms with Gasteiger partial charge in [0.1, 0.15) is 0 Å². The number of hydrogen-bond acceptors (Lipinski definition) is 1. The number of carbonyl (C=O) groups excluding carboxylic acids is 1. The molecule has 0 aliphatic heterocycles. The smallest absolute Gasteiger partial charge is 0.159 e. The van der Waals surface area contributed by atoms with E-state index in [1.54, 1.807) is 5.57 Å². The molecule has 3 aliphatic carbocycles. The summed E-state index contributed by atoms with van der Waals surface area (Å²) in [6.07, 6.45) is 8.53. The monoisotopic (exact) mass is 288 g/mol. The van der Waals surface area contributed by atoms with Crippen LogP contribution < -0.4 is 0 Å². The number of fused-ring (bicyclic) bond motifs is 3. The van der Waals surface area contributed by atoms with Gasteiger partial charge in [-0.05, 0) is 66.3 Å². The van der Waals surface area contributed by atoms with Gasteiger partial charge in [0.05, 0.1) is 0 Å². The molecular formula is C20H32O. The minimum Gasteiger partial charge on any atom is -0.295 e. The number of rotatable bonds is 1. The molecule has 0 radical (unpaired) electrons. The fourth-order valence-electron chi connectivity index (χ4n) is 6.28. The molecule has 3 aliphatic rings. The molecule has 0 spiro atoms. The minimum absolute atomic E-state index is 0.409. The lowest BCUT2D eigenvalue weighted by Crippen LogP contribution is -2.51. The zero-order chi connectivity index (χ0) is 15.4. The molecule has 21 heavy (non-hydrogen) atoms. The fraction of sp³-hybridized carbons (Fsp3) is 0.850. The minimum atomic E-state index is 0.409. The van der Waals surface area contributed by atoms with E-state index in [1.165, 1.54) is 37.7 Å². The first-order chi connectivity index (χ1) is 9.77. The van der Waals surface area contributed by atoms with Crippen LogP contribution in [0, 0.1) is 28.6 Å². The van der Waals surface area contributed by atoms with E-state index in [9.17, 15) is 4.79 Å². The molecule has 0 bridgehead atoms. The van der Waals surface area contributed by atoms with E-state index in [1.807, 2.05) is 0 Å². The molecule has 3 atom stereocenters. The third kappa shape index (κ3) is 2.23. The Morgan fingerprint density at radius 2 is 1.76 bits per heavy atom. The quantitative estimate of drug-likeness (QED) is 0.618. The van der Waals surface area contributed by atoms with Crippen LogP contribution in [0.15, 0.2) is 11.1 Å². The second-order valence-corrected chi connectivity index (χ2v) is 9.05. The van der Waals surface area contributed by atoms with Crippen LogP contribution in [0.4, 0.5) is 0 Å². The van der Waals surface area contributed by atoms with Crippen LogP contribution in [0.1, 0.15) is 79.6 Å². The van der Waals surface area contributed by atoms with Crippen LogP contribution in [-0.2, 0) is 4.79 Å². The topological polar surface area (TPSA) is 17.1 Å². The molecule has 3 rings (SSSR count). The molecule has 0 aromatic heterocycles. The maximum Gasteiger partial charge on any atom is 0.159 e. The van der Waals surface area contributed by atoms with E-state index in [0.717, 1.165) is 18.8 Å². The van der Waals surface area contributed by atoms with Crippen LogP contribution in [0.2, 0.25) is 0 Å². The SMILES string of the molecule is CC(C)C1=C2CC[C@H]3C(C)(C)CCC[C@]3(C)[C@@H]2CCC1=O. The van der Waals surface area contributed by atoms with Gasteiger partial charge in [-0.15, -0.1) is 0 Å². The summed E-state index contributed by atoms with van der Waals surface area (Å²) in [7, 11) is 0. The van der Waals surface area contributed by atoms with Gasteiger partial charge in [0.2, 0.25) is 0 Å². The van der Waals surface area contributed by atoms with E-state index in [0.29, 0.717) is 28.4 Å². The highest BCUT2D eigenvalue weighted by Gasteiger charge is 2.54. The molecule has 1 heteroatoms. The molecule has 0 aromatic carbocycles. The Bertz CT molecular complexity index is 482. The summed E-state index contributed by atoms with van der Waals surface area (Å²) >= 11 is 0. The number of allylic oxidation sites excluding steroid dienone is 2. The standard InChI is InChI=1S/C20H32O/c1-13(2)18-14-7-10-17-19(3,4)11-6-12-20(17,5)15(14)8-9-16(18)21/h13,15,17H,6-12H2,1-5H3/t15-,17+,20-/m1/s1. The number of carbonyl (C=O) groups is 1. The van der Waals surface area contributed by atoms with Crippen molar-refractivity contribution in [3.8, 4) is 0 Å². The Kier molecular flexibility index (Phi) is 3.62. The van der Waals surface area contributed by atoms with Crippen molar-refractivity contribution in [2.45, 2.75) is 79.6 Å². The molecule has 2 saturated carbocycles. The van der Waals surface area contributed by atoms with E-state index >= 15 is 0 Å². The van der Waals surface area contributed by atoms with Crippen molar-refractivity contribution in [3.63, 3.8) is 0 Å². The molecule has 0 heterocycles. The highest BCUT2D eigenvalue weighted by molar-refractivity contribution is 5.97. The predicted octanol–water partition coefficient (Wildman–Crippen LogP) is 5.54. The second-order valence-electron chi connectivity index (χ2n) is 9.05. The van der Waals surface area contributed by atoms with Gasteiger partial charge in [-0.1, -0.05) is 46.6 Å². The van der Waals surface area contributed by atoms with Crippen molar-refractivity contribution in [2.24, 2.45) is 28.6 Å². The molecule has 118 valence electrons. The fourth-order valence-corrected chi connectivity index (χ4v) is 6.28. The Hall–Kier alpha value is -0.590. The molecule has 2 fully saturated rings. The maximum absolute atomic E-state index is 12.4. The summed E-state index contributed by atoms with van der Waals surface area (Å²) in [4.78, 5) is 12.4. The highest BCUT2D eigenvalue weighted by Crippen LogP contribution is 2.63. The number of ketones is 1. The van der Waals surface area contributed by atoms with Gasteiger partial charge in [0.15, 0.2) is 5.78 Å². The third-order valence-electron chi connectivity index (χ3n) is 7.08. The van der Waals surface area contributed by atoms with Gasteiger partial charge in [-0.3, -0.25) is 4.79 Å². The molecule has 0 unspecified atom stereocenters. The molecular weight excluding hydrogens is 256 g/mol. The van der Waals surface area contributed by atoms with Crippen molar-refractivity contribution in [2.75, 3.05) is 0 Å². The summed E-state index contributed by atoms with van der Waals surface area (Å²) in [5.41, 5.74) is 3.71. The summed E-state index contributed by atoms with van der Waals surface area (Å²) in [6, 6.07) is 0. The average Bonchev–Trinajstić information content (AvgIpc) is 2.36. The first-order valence-corrected chi connectivity index (χ1v) is 9.03. The third-order valence-corrected chi connectivity index (χ3v) is 7.08. The van der Waals surface area contributed by atoms with Gasteiger partial charge in [-0.2, -0.15) is 0 Å². The summed E-state index contributed by atoms with van der Waals surface area (Å²) in [5.74, 6) is 2.39. The number of hydrogen-bond donors (Lipinski definition) is 0. The lowest BCUT2D eigenvalue weighted by molar-refractivity contribution is -0.118. The lowest BCUT2D eigenvalue weighted by atomic mass is 9.45. The first kappa shape index (κ1) is 15.3. The van der Waals surface area contributed by atoms with Crippen LogP contribution in [-0.4, -0.2) is 5.78 Å². The van der Waals surface area contributed by atoms with Crippen molar-refractivity contribution in [3.05, 3.63) is 11.1 Å². The predicted molar refractivity (Wildman–Crippen MR) is 88.1 cm³/mol. The molecule has 0 aromatic rings. The van der Waals surface area contributed by atoms with Crippen LogP contribution >= 0.6 is 0 Å². The Labute approximate surface area is 130 Å². The molecule has 0 amide bonds. The van der Waals surface area contributed by atoms with Crippen LogP contribution in [0.3, 0.4) is 0 Å². The van der Waals surface area contributed by atoms with Crippen LogP contribution in [0.5, 0.6) is 0 Å². The van der Waals surface area contributed by atoms with Crippen LogP contribution in [0.25, 0.3) is 0 Å². The van der Waals surface area contributed by atoms with Crippen molar-refractivity contribution >= 4 is 5.78 Å². The summed E-state index contributed by atoms with van der Waals surface area (Å²) in [5, 5.41) is 0. The molecule has 1 nitrogen and oxygen atoms in total. The normalized spacial score (nSPS) is 39.2. The van der Waals surface area contributed by atoms with Gasteiger partial charge < -0.3 is 0 Å². The second kappa shape index (κ2) is 4.96. The Morgan fingerprint density at radius 1 is 1.05 bits per heavy atom. The summed E-state index contributed by atoms with van der Waals surface area (Å²) in [6.45, 7) is 11.9. The van der Waals surface area contributed by atoms with Crippen molar-refractivity contribution in [1.82, 2.24) is 0 Å².